The van der Waals surface area contributed by atoms with Gasteiger partial charge in [-0.25, -0.2) is 4.98 Å². The summed E-state index contributed by atoms with van der Waals surface area (Å²) in [4.78, 5) is 26.2. The Hall–Kier alpha value is -3.16. The summed E-state index contributed by atoms with van der Waals surface area (Å²) in [5, 5.41) is 4.43. The van der Waals surface area contributed by atoms with E-state index < -0.39 is 6.10 Å². The maximum atomic E-state index is 12.9. The van der Waals surface area contributed by atoms with Crippen LogP contribution in [0.5, 0.6) is 5.75 Å². The molecule has 8 nitrogen and oxygen atoms in total. The largest absolute Gasteiger partial charge is 0.481 e. The molecular formula is C22H26N6O2. The first-order valence-electron chi connectivity index (χ1n) is 10.7. The second kappa shape index (κ2) is 7.93. The Morgan fingerprint density at radius 2 is 1.83 bits per heavy atom. The molecule has 2 aliphatic rings. The fourth-order valence-electron chi connectivity index (χ4n) is 4.44. The van der Waals surface area contributed by atoms with E-state index in [1.807, 2.05) is 46.7 Å². The molecule has 1 aromatic carbocycles. The molecule has 2 aromatic heterocycles. The number of carbonyl (C=O) groups is 1. The number of rotatable bonds is 4. The predicted molar refractivity (Wildman–Crippen MR) is 113 cm³/mol. The van der Waals surface area contributed by atoms with Gasteiger partial charge in [-0.15, -0.1) is 0 Å². The van der Waals surface area contributed by atoms with E-state index >= 15 is 0 Å². The quantitative estimate of drug-likeness (QED) is 0.661. The minimum absolute atomic E-state index is 0.0289. The Kier molecular flexibility index (Phi) is 4.98. The zero-order valence-electron chi connectivity index (χ0n) is 17.2. The lowest BCUT2D eigenvalue weighted by Crippen LogP contribution is -2.52. The number of anilines is 1. The van der Waals surface area contributed by atoms with E-state index in [0.717, 1.165) is 37.4 Å². The number of fused-ring (bicyclic) bond motifs is 2. The highest BCUT2D eigenvalue weighted by atomic mass is 16.5. The first-order valence-corrected chi connectivity index (χ1v) is 10.7. The third-order valence-electron chi connectivity index (χ3n) is 5.97. The third kappa shape index (κ3) is 3.46. The molecule has 0 saturated carbocycles. The van der Waals surface area contributed by atoms with Gasteiger partial charge in [0.15, 0.2) is 6.10 Å². The SMILES string of the molecule is CC(Oc1ccccc1)C(=O)N1CCN(c2c3c(nc4ncnn24)CCCC3)CC1. The number of hydrogen-bond donors (Lipinski definition) is 0. The van der Waals surface area contributed by atoms with Gasteiger partial charge >= 0.3 is 0 Å². The van der Waals surface area contributed by atoms with Crippen molar-refractivity contribution >= 4 is 17.5 Å². The average Bonchev–Trinajstić information content (AvgIpc) is 3.26. The van der Waals surface area contributed by atoms with Gasteiger partial charge < -0.3 is 14.5 Å². The normalized spacial score (nSPS) is 17.6. The van der Waals surface area contributed by atoms with Crippen molar-refractivity contribution < 1.29 is 9.53 Å². The fourth-order valence-corrected chi connectivity index (χ4v) is 4.44. The molecule has 1 amide bonds. The van der Waals surface area contributed by atoms with Crippen molar-refractivity contribution in [2.24, 2.45) is 0 Å². The highest BCUT2D eigenvalue weighted by Crippen LogP contribution is 2.30. The Morgan fingerprint density at radius 1 is 1.07 bits per heavy atom. The Labute approximate surface area is 175 Å². The number of benzene rings is 1. The van der Waals surface area contributed by atoms with Gasteiger partial charge in [-0.2, -0.15) is 14.6 Å². The Balaban J connectivity index is 1.31. The predicted octanol–water partition coefficient (Wildman–Crippen LogP) is 2.12. The smallest absolute Gasteiger partial charge is 0.263 e. The van der Waals surface area contributed by atoms with E-state index in [-0.39, 0.29) is 5.91 Å². The number of amides is 1. The maximum Gasteiger partial charge on any atom is 0.263 e. The summed E-state index contributed by atoms with van der Waals surface area (Å²) in [6.45, 7) is 4.66. The summed E-state index contributed by atoms with van der Waals surface area (Å²) in [6, 6.07) is 9.50. The van der Waals surface area contributed by atoms with Gasteiger partial charge in [-0.3, -0.25) is 4.79 Å². The summed E-state index contributed by atoms with van der Waals surface area (Å²) >= 11 is 0. The molecular weight excluding hydrogens is 380 g/mol. The van der Waals surface area contributed by atoms with Crippen LogP contribution in [-0.2, 0) is 17.6 Å². The van der Waals surface area contributed by atoms with E-state index in [1.54, 1.807) is 6.33 Å². The molecule has 8 heteroatoms. The van der Waals surface area contributed by atoms with E-state index in [2.05, 4.69) is 15.0 Å². The summed E-state index contributed by atoms with van der Waals surface area (Å²) in [5.74, 6) is 2.51. The van der Waals surface area contributed by atoms with Crippen LogP contribution in [0.1, 0.15) is 31.0 Å². The molecule has 1 atom stereocenters. The Bertz CT molecular complexity index is 1040. The van der Waals surface area contributed by atoms with Gasteiger partial charge in [0.1, 0.15) is 17.9 Å². The van der Waals surface area contributed by atoms with Crippen LogP contribution in [0.15, 0.2) is 36.7 Å². The van der Waals surface area contributed by atoms with Crippen molar-refractivity contribution in [2.45, 2.75) is 38.7 Å². The molecule has 0 N–H and O–H groups in total. The van der Waals surface area contributed by atoms with Gasteiger partial charge in [-0.1, -0.05) is 18.2 Å². The van der Waals surface area contributed by atoms with Gasteiger partial charge in [0.25, 0.3) is 11.7 Å². The van der Waals surface area contributed by atoms with Crippen molar-refractivity contribution in [3.05, 3.63) is 47.9 Å². The van der Waals surface area contributed by atoms with E-state index in [4.69, 9.17) is 9.72 Å². The van der Waals surface area contributed by atoms with Gasteiger partial charge in [-0.05, 0) is 44.7 Å². The van der Waals surface area contributed by atoms with Crippen LogP contribution in [0.4, 0.5) is 5.82 Å². The van der Waals surface area contributed by atoms with Gasteiger partial charge in [0.2, 0.25) is 0 Å². The fraction of sp³-hybridized carbons (Fsp3) is 0.455. The molecule has 1 unspecified atom stereocenters. The number of aromatic nitrogens is 4. The second-order valence-corrected chi connectivity index (χ2v) is 7.93. The van der Waals surface area contributed by atoms with Crippen LogP contribution in [0.3, 0.4) is 0 Å². The van der Waals surface area contributed by atoms with Crippen molar-refractivity contribution in [2.75, 3.05) is 31.1 Å². The Morgan fingerprint density at radius 3 is 2.63 bits per heavy atom. The minimum Gasteiger partial charge on any atom is -0.481 e. The van der Waals surface area contributed by atoms with E-state index in [0.29, 0.717) is 24.6 Å². The topological polar surface area (TPSA) is 75.9 Å². The number of ether oxygens (including phenoxy) is 1. The van der Waals surface area contributed by atoms with Crippen LogP contribution in [0.25, 0.3) is 5.78 Å². The summed E-state index contributed by atoms with van der Waals surface area (Å²) < 4.78 is 7.69. The molecule has 1 aliphatic carbocycles. The molecule has 5 rings (SSSR count). The highest BCUT2D eigenvalue weighted by Gasteiger charge is 2.29. The monoisotopic (exact) mass is 406 g/mol. The van der Waals surface area contributed by atoms with Crippen molar-refractivity contribution in [3.8, 4) is 5.75 Å². The lowest BCUT2D eigenvalue weighted by molar-refractivity contribution is -0.138. The number of aryl methyl sites for hydroxylation is 1. The standard InChI is InChI=1S/C22H26N6O2/c1-16(30-17-7-3-2-4-8-17)21(29)27-13-11-26(12-14-27)20-18-9-5-6-10-19(18)25-22-23-15-24-28(20)22/h2-4,7-8,15-16H,5-6,9-14H2,1H3. The number of carbonyl (C=O) groups excluding carboxylic acids is 1. The van der Waals surface area contributed by atoms with Crippen LogP contribution in [-0.4, -0.2) is 62.7 Å². The van der Waals surface area contributed by atoms with Crippen LogP contribution < -0.4 is 9.64 Å². The van der Waals surface area contributed by atoms with Gasteiger partial charge in [0, 0.05) is 31.7 Å². The highest BCUT2D eigenvalue weighted by molar-refractivity contribution is 5.81. The van der Waals surface area contributed by atoms with Crippen molar-refractivity contribution in [3.63, 3.8) is 0 Å². The summed E-state index contributed by atoms with van der Waals surface area (Å²) in [6.07, 6.45) is 5.43. The first-order chi connectivity index (χ1) is 14.7. The summed E-state index contributed by atoms with van der Waals surface area (Å²) in [7, 11) is 0. The minimum atomic E-state index is -0.505. The molecule has 1 fully saturated rings. The zero-order valence-corrected chi connectivity index (χ0v) is 17.2. The molecule has 3 heterocycles. The lowest BCUT2D eigenvalue weighted by Gasteiger charge is -2.38. The first kappa shape index (κ1) is 18.8. The molecule has 156 valence electrons. The van der Waals surface area contributed by atoms with Crippen LogP contribution in [0.2, 0.25) is 0 Å². The van der Waals surface area contributed by atoms with Crippen molar-refractivity contribution in [1.29, 1.82) is 0 Å². The molecule has 0 bridgehead atoms. The van der Waals surface area contributed by atoms with Crippen LogP contribution in [0, 0.1) is 0 Å². The van der Waals surface area contributed by atoms with Crippen molar-refractivity contribution in [1.82, 2.24) is 24.5 Å². The summed E-state index contributed by atoms with van der Waals surface area (Å²) in [5.41, 5.74) is 2.44. The number of para-hydroxylation sites is 1. The zero-order chi connectivity index (χ0) is 20.5. The molecule has 0 spiro atoms. The lowest BCUT2D eigenvalue weighted by atomic mass is 9.96. The molecule has 30 heavy (non-hydrogen) atoms. The average molecular weight is 406 g/mol. The molecule has 1 aliphatic heterocycles. The van der Waals surface area contributed by atoms with E-state index in [1.165, 1.54) is 18.4 Å². The van der Waals surface area contributed by atoms with Crippen LogP contribution >= 0.6 is 0 Å². The molecule has 1 saturated heterocycles. The number of hydrogen-bond acceptors (Lipinski definition) is 6. The molecule has 0 radical (unpaired) electrons. The number of piperazine rings is 1. The maximum absolute atomic E-state index is 12.9. The second-order valence-electron chi connectivity index (χ2n) is 7.93. The molecule has 3 aromatic rings. The number of nitrogens with zero attached hydrogens (tertiary/aromatic N) is 6. The third-order valence-corrected chi connectivity index (χ3v) is 5.97. The van der Waals surface area contributed by atoms with E-state index in [9.17, 15) is 4.79 Å². The van der Waals surface area contributed by atoms with Gasteiger partial charge in [0.05, 0.1) is 5.69 Å².